The maximum absolute atomic E-state index is 13.0. The van der Waals surface area contributed by atoms with Crippen LogP contribution in [-0.4, -0.2) is 61.5 Å². The number of Topliss-reactive ketones (excluding diaryl/α,β-unsaturated/α-hetero) is 1. The molecule has 4 fully saturated rings. The molecule has 0 radical (unpaired) electrons. The van der Waals surface area contributed by atoms with Crippen molar-refractivity contribution in [2.24, 2.45) is 57.2 Å². The lowest BCUT2D eigenvalue weighted by Gasteiger charge is -2.53. The van der Waals surface area contributed by atoms with E-state index in [0.717, 1.165) is 50.7 Å². The van der Waals surface area contributed by atoms with Gasteiger partial charge < -0.3 is 19.0 Å². The molecule has 0 bridgehead atoms. The molecule has 61 heavy (non-hydrogen) atoms. The summed E-state index contributed by atoms with van der Waals surface area (Å²) in [6.07, 6.45) is 23.2. The van der Waals surface area contributed by atoms with Crippen molar-refractivity contribution in [3.63, 3.8) is 0 Å². The van der Waals surface area contributed by atoms with E-state index in [1.807, 2.05) is 26.0 Å². The summed E-state index contributed by atoms with van der Waals surface area (Å²) in [6.45, 7) is 22.3. The van der Waals surface area contributed by atoms with E-state index in [4.69, 9.17) is 13.9 Å². The van der Waals surface area contributed by atoms with Gasteiger partial charge in [-0.15, -0.1) is 0 Å². The topological polar surface area (TPSA) is 133 Å². The van der Waals surface area contributed by atoms with E-state index < -0.39 is 31.1 Å². The number of allylic oxidation sites excluding steroid dienone is 13. The van der Waals surface area contributed by atoms with Crippen LogP contribution in [0, 0.1) is 57.2 Å². The smallest absolute Gasteiger partial charge is 0.303 e. The van der Waals surface area contributed by atoms with Gasteiger partial charge in [-0.05, 0) is 156 Å². The summed E-state index contributed by atoms with van der Waals surface area (Å²) in [5, 5.41) is 11.7. The Kier molecular flexibility index (Phi) is 11.6. The van der Waals surface area contributed by atoms with Crippen LogP contribution in [0.5, 0.6) is 0 Å². The van der Waals surface area contributed by atoms with E-state index in [0.29, 0.717) is 24.2 Å². The fourth-order valence-electron chi connectivity index (χ4n) is 13.7. The van der Waals surface area contributed by atoms with Gasteiger partial charge in [-0.1, -0.05) is 74.3 Å². The van der Waals surface area contributed by atoms with Gasteiger partial charge >= 0.3 is 11.9 Å². The monoisotopic (exact) mass is 852 g/mol. The molecule has 0 amide bonds. The number of aliphatic hydroxyl groups is 1. The predicted molar refractivity (Wildman–Crippen MR) is 237 cm³/mol. The van der Waals surface area contributed by atoms with Crippen LogP contribution in [0.2, 0.25) is 19.6 Å². The first-order chi connectivity index (χ1) is 28.4. The van der Waals surface area contributed by atoms with Crippen molar-refractivity contribution < 1.29 is 43.0 Å². The van der Waals surface area contributed by atoms with E-state index in [2.05, 4.69) is 65.6 Å². The highest BCUT2D eigenvalue weighted by Crippen LogP contribution is 2.67. The highest BCUT2D eigenvalue weighted by atomic mass is 28.4. The third-order valence-electron chi connectivity index (χ3n) is 16.6. The molecule has 8 aliphatic carbocycles. The lowest BCUT2D eigenvalue weighted by atomic mass is 9.51. The van der Waals surface area contributed by atoms with Crippen molar-refractivity contribution in [1.82, 2.24) is 0 Å². The lowest BCUT2D eigenvalue weighted by Crippen LogP contribution is -2.57. The molecule has 9 nitrogen and oxygen atoms in total. The maximum atomic E-state index is 13.0. The molecule has 8 aliphatic rings. The molecule has 0 aromatic rings. The molecule has 0 aliphatic heterocycles. The van der Waals surface area contributed by atoms with Gasteiger partial charge in [-0.2, -0.15) is 0 Å². The highest BCUT2D eigenvalue weighted by molar-refractivity contribution is 6.70. The Bertz CT molecular complexity index is 2140. The van der Waals surface area contributed by atoms with Gasteiger partial charge in [0.25, 0.3) is 0 Å². The zero-order valence-electron chi connectivity index (χ0n) is 38.4. The Morgan fingerprint density at radius 3 is 1.79 bits per heavy atom. The average molecular weight is 853 g/mol. The first-order valence-electron chi connectivity index (χ1n) is 22.6. The first kappa shape index (κ1) is 45.1. The van der Waals surface area contributed by atoms with Crippen molar-refractivity contribution in [1.29, 1.82) is 0 Å². The summed E-state index contributed by atoms with van der Waals surface area (Å²) in [5.41, 5.74) is 4.17. The second-order valence-electron chi connectivity index (χ2n) is 21.4. The molecule has 0 saturated heterocycles. The van der Waals surface area contributed by atoms with Gasteiger partial charge in [-0.3, -0.25) is 24.0 Å². The second kappa shape index (κ2) is 15.7. The van der Waals surface area contributed by atoms with Gasteiger partial charge in [0, 0.05) is 30.1 Å². The molecular formula is C51H68O9Si. The van der Waals surface area contributed by atoms with Gasteiger partial charge in [0.1, 0.15) is 18.0 Å². The molecule has 11 atom stereocenters. The molecule has 10 heteroatoms. The van der Waals surface area contributed by atoms with E-state index in [1.165, 1.54) is 41.7 Å². The van der Waals surface area contributed by atoms with Gasteiger partial charge in [0.2, 0.25) is 14.1 Å². The number of fused-ring (bicyclic) bond motifs is 10. The number of ketones is 3. The van der Waals surface area contributed by atoms with Crippen LogP contribution in [0.4, 0.5) is 0 Å². The van der Waals surface area contributed by atoms with Crippen LogP contribution in [0.1, 0.15) is 107 Å². The summed E-state index contributed by atoms with van der Waals surface area (Å²) in [6, 6.07) is 0. The van der Waals surface area contributed by atoms with Crippen LogP contribution in [0.25, 0.3) is 0 Å². The zero-order chi connectivity index (χ0) is 44.7. The quantitative estimate of drug-likeness (QED) is 0.115. The van der Waals surface area contributed by atoms with Gasteiger partial charge in [0.15, 0.2) is 18.2 Å². The number of carbonyl (C=O) groups is 5. The van der Waals surface area contributed by atoms with Crippen molar-refractivity contribution in [2.45, 2.75) is 132 Å². The minimum Gasteiger partial charge on any atom is -0.545 e. The normalized spacial score (nSPS) is 40.1. The number of esters is 2. The first-order valence-corrected chi connectivity index (χ1v) is 26.0. The third-order valence-corrected chi connectivity index (χ3v) is 17.4. The zero-order valence-corrected chi connectivity index (χ0v) is 39.4. The van der Waals surface area contributed by atoms with Crippen LogP contribution < -0.4 is 0 Å². The van der Waals surface area contributed by atoms with Crippen molar-refractivity contribution >= 4 is 37.6 Å². The molecule has 330 valence electrons. The average Bonchev–Trinajstić information content (AvgIpc) is 3.57. The highest BCUT2D eigenvalue weighted by Gasteiger charge is 2.67. The summed E-state index contributed by atoms with van der Waals surface area (Å²) < 4.78 is 17.0. The summed E-state index contributed by atoms with van der Waals surface area (Å²) in [7, 11) is -1.87. The SMILES string of the molecule is CC(=O)OC/C(O[Si](C)(C)C)=C1\[C@H](C)CC2C3CCC4=CC(=O)C=C[C@]4(C)C3=CC[C@]12C.CC(=O)OCC(=O)[C@@]1(O)[C@H](C)CC2C3CCC4=CC(=O)C=C[C@]4(C)C3=CC[C@@]21C. The van der Waals surface area contributed by atoms with Crippen molar-refractivity contribution in [3.8, 4) is 0 Å². The largest absolute Gasteiger partial charge is 0.545 e. The molecular weight excluding hydrogens is 785 g/mol. The van der Waals surface area contributed by atoms with E-state index in [1.54, 1.807) is 18.2 Å². The Morgan fingerprint density at radius 1 is 0.754 bits per heavy atom. The summed E-state index contributed by atoms with van der Waals surface area (Å²) in [4.78, 5) is 59.7. The molecule has 4 saturated carbocycles. The predicted octanol–water partition coefficient (Wildman–Crippen LogP) is 9.45. The fraction of sp³-hybridized carbons (Fsp3) is 0.627. The molecule has 4 unspecified atom stereocenters. The Morgan fingerprint density at radius 2 is 1.26 bits per heavy atom. The third kappa shape index (κ3) is 7.49. The maximum Gasteiger partial charge on any atom is 0.303 e. The molecule has 0 aromatic carbocycles. The van der Waals surface area contributed by atoms with Crippen LogP contribution in [0.3, 0.4) is 0 Å². The van der Waals surface area contributed by atoms with Crippen LogP contribution >= 0.6 is 0 Å². The number of hydrogen-bond acceptors (Lipinski definition) is 9. The lowest BCUT2D eigenvalue weighted by molar-refractivity contribution is -0.167. The number of rotatable bonds is 7. The van der Waals surface area contributed by atoms with Crippen molar-refractivity contribution in [3.05, 3.63) is 82.2 Å². The Hall–Kier alpha value is -3.89. The Labute approximate surface area is 364 Å². The minimum atomic E-state index is -1.87. The second-order valence-corrected chi connectivity index (χ2v) is 25.8. The van der Waals surface area contributed by atoms with Gasteiger partial charge in [-0.25, -0.2) is 0 Å². The standard InChI is InChI=1S/C27H38O4Si.C24H30O5/c1-17-14-23-21-9-8-19-15-20(29)10-12-26(19,3)22(21)11-13-27(23,4)25(17)24(16-30-18(2)28)31-32(5,6)7;1-14-11-20-18-6-5-16-12-17(26)7-9-22(16,3)19(18)8-10-23(20,4)24(14,28)21(27)13-29-15(2)25/h10-12,15,17,21,23H,8-9,13-14,16H2,1-7H3;7-9,12,14,18,20,28H,5-6,10-11,13H2,1-4H3/b25-24-;/t17-,21?,23?,26+,27+;14-,18?,20?,22+,23+,24+/m11/s1. The van der Waals surface area contributed by atoms with E-state index >= 15 is 0 Å². The Balaban J connectivity index is 0.000000185. The number of carbonyl (C=O) groups excluding carboxylic acids is 5. The number of ether oxygens (including phenoxy) is 2. The molecule has 8 rings (SSSR count). The van der Waals surface area contributed by atoms with E-state index in [-0.39, 0.29) is 64.7 Å². The van der Waals surface area contributed by atoms with Gasteiger partial charge in [0.05, 0.1) is 0 Å². The number of hydrogen-bond donors (Lipinski definition) is 1. The molecule has 0 aromatic heterocycles. The van der Waals surface area contributed by atoms with Crippen LogP contribution in [-0.2, 0) is 37.9 Å². The summed E-state index contributed by atoms with van der Waals surface area (Å²) >= 11 is 0. The van der Waals surface area contributed by atoms with Crippen LogP contribution in [0.15, 0.2) is 82.2 Å². The minimum absolute atomic E-state index is 0.00843. The molecule has 0 heterocycles. The van der Waals surface area contributed by atoms with Crippen molar-refractivity contribution in [2.75, 3.05) is 13.2 Å². The molecule has 1 N–H and O–H groups in total. The molecule has 0 spiro atoms. The summed E-state index contributed by atoms with van der Waals surface area (Å²) in [5.74, 6) is 1.58. The fourth-order valence-corrected chi connectivity index (χ4v) is 14.6. The van der Waals surface area contributed by atoms with E-state index in [9.17, 15) is 29.1 Å².